The maximum absolute atomic E-state index is 13.8. The van der Waals surface area contributed by atoms with E-state index in [4.69, 9.17) is 4.74 Å². The molecule has 0 unspecified atom stereocenters. The van der Waals surface area contributed by atoms with Crippen LogP contribution in [0.1, 0.15) is 30.0 Å². The number of nitrogens with zero attached hydrogens (tertiary/aromatic N) is 1. The monoisotopic (exact) mass is 572 g/mol. The predicted octanol–water partition coefficient (Wildman–Crippen LogP) is 6.46. The molecule has 1 N–H and O–H groups in total. The van der Waals surface area contributed by atoms with E-state index in [2.05, 4.69) is 21.2 Å². The molecule has 6 heteroatoms. The van der Waals surface area contributed by atoms with Crippen LogP contribution >= 0.6 is 15.9 Å². The van der Waals surface area contributed by atoms with E-state index in [1.54, 1.807) is 4.90 Å². The van der Waals surface area contributed by atoms with Crippen LogP contribution in [0.4, 0.5) is 0 Å². The molecular weight excluding hydrogens is 540 g/mol. The first-order valence-corrected chi connectivity index (χ1v) is 13.7. The van der Waals surface area contributed by atoms with Crippen molar-refractivity contribution in [3.8, 4) is 5.75 Å². The summed E-state index contributed by atoms with van der Waals surface area (Å²) >= 11 is 3.64. The van der Waals surface area contributed by atoms with Gasteiger partial charge in [0.15, 0.2) is 6.61 Å². The molecule has 0 heterocycles. The molecule has 0 saturated carbocycles. The largest absolute Gasteiger partial charge is 0.483 e. The van der Waals surface area contributed by atoms with Crippen molar-refractivity contribution >= 4 is 38.5 Å². The summed E-state index contributed by atoms with van der Waals surface area (Å²) in [6.07, 6.45) is 1.22. The van der Waals surface area contributed by atoms with E-state index in [1.165, 1.54) is 0 Å². The van der Waals surface area contributed by atoms with Gasteiger partial charge in [-0.2, -0.15) is 0 Å². The molecular formula is C32H33BrN2O3. The van der Waals surface area contributed by atoms with E-state index in [0.717, 1.165) is 38.4 Å². The summed E-state index contributed by atoms with van der Waals surface area (Å²) in [5.41, 5.74) is 3.05. The number of ether oxygens (including phenoxy) is 1. The lowest BCUT2D eigenvalue weighted by molar-refractivity contribution is -0.142. The minimum absolute atomic E-state index is 0.162. The summed E-state index contributed by atoms with van der Waals surface area (Å²) in [5.74, 6) is 0.174. The maximum Gasteiger partial charge on any atom is 0.261 e. The van der Waals surface area contributed by atoms with Gasteiger partial charge in [0.05, 0.1) is 4.47 Å². The molecule has 0 spiro atoms. The van der Waals surface area contributed by atoms with Gasteiger partial charge in [0.1, 0.15) is 11.8 Å². The number of halogens is 1. The summed E-state index contributed by atoms with van der Waals surface area (Å²) in [4.78, 5) is 28.9. The van der Waals surface area contributed by atoms with E-state index >= 15 is 0 Å². The Morgan fingerprint density at radius 2 is 1.63 bits per heavy atom. The molecule has 1 atom stereocenters. The number of nitrogens with one attached hydrogen (secondary N) is 1. The van der Waals surface area contributed by atoms with Crippen molar-refractivity contribution in [1.82, 2.24) is 10.2 Å². The number of carbonyl (C=O) groups excluding carboxylic acids is 2. The predicted molar refractivity (Wildman–Crippen MR) is 156 cm³/mol. The molecule has 0 bridgehead atoms. The van der Waals surface area contributed by atoms with Crippen LogP contribution in [0.15, 0.2) is 95.5 Å². The number of fused-ring (bicyclic) bond motifs is 1. The van der Waals surface area contributed by atoms with Crippen LogP contribution in [-0.4, -0.2) is 35.9 Å². The first-order valence-electron chi connectivity index (χ1n) is 12.9. The van der Waals surface area contributed by atoms with Crippen molar-refractivity contribution in [1.29, 1.82) is 0 Å². The highest BCUT2D eigenvalue weighted by atomic mass is 79.9. The summed E-state index contributed by atoms with van der Waals surface area (Å²) in [5, 5.41) is 5.10. The number of rotatable bonds is 11. The maximum atomic E-state index is 13.8. The highest BCUT2D eigenvalue weighted by molar-refractivity contribution is 9.10. The zero-order valence-corrected chi connectivity index (χ0v) is 23.4. The number of benzene rings is 4. The number of aryl methyl sites for hydroxylation is 1. The van der Waals surface area contributed by atoms with Crippen molar-refractivity contribution in [2.75, 3.05) is 13.2 Å². The van der Waals surface area contributed by atoms with Gasteiger partial charge in [-0.1, -0.05) is 91.9 Å². The zero-order chi connectivity index (χ0) is 26.9. The van der Waals surface area contributed by atoms with Crippen molar-refractivity contribution < 1.29 is 14.3 Å². The average Bonchev–Trinajstić information content (AvgIpc) is 2.94. The molecule has 4 aromatic carbocycles. The van der Waals surface area contributed by atoms with Crippen LogP contribution < -0.4 is 10.1 Å². The van der Waals surface area contributed by atoms with E-state index in [9.17, 15) is 9.59 Å². The van der Waals surface area contributed by atoms with Gasteiger partial charge in [-0.25, -0.2) is 0 Å². The Balaban J connectivity index is 1.64. The summed E-state index contributed by atoms with van der Waals surface area (Å²) < 4.78 is 6.85. The smallest absolute Gasteiger partial charge is 0.261 e. The van der Waals surface area contributed by atoms with Gasteiger partial charge < -0.3 is 15.0 Å². The average molecular weight is 574 g/mol. The zero-order valence-electron chi connectivity index (χ0n) is 21.8. The highest BCUT2D eigenvalue weighted by Crippen LogP contribution is 2.33. The second kappa shape index (κ2) is 13.2. The standard InChI is InChI=1S/C32H33BrN2O3/c1-3-19-34-32(37)28(20-24-12-5-4-6-13-24)35(21-26-15-8-7-11-23(26)2)30(36)22-38-29-18-17-25-14-9-10-16-27(25)31(29)33/h4-18,28H,3,19-22H2,1-2H3,(H,34,37)/t28-/m1/s1. The molecule has 0 aromatic heterocycles. The van der Waals surface area contributed by atoms with Crippen molar-refractivity contribution in [2.45, 2.75) is 39.3 Å². The number of amides is 2. The number of hydrogen-bond donors (Lipinski definition) is 1. The second-order valence-electron chi connectivity index (χ2n) is 9.33. The molecule has 4 rings (SSSR count). The van der Waals surface area contributed by atoms with Crippen LogP contribution in [0.2, 0.25) is 0 Å². The van der Waals surface area contributed by atoms with Crippen molar-refractivity contribution in [3.05, 3.63) is 112 Å². The molecule has 0 radical (unpaired) electrons. The van der Waals surface area contributed by atoms with E-state index in [0.29, 0.717) is 25.3 Å². The quantitative estimate of drug-likeness (QED) is 0.224. The Labute approximate surface area is 232 Å². The summed E-state index contributed by atoms with van der Waals surface area (Å²) in [7, 11) is 0. The van der Waals surface area contributed by atoms with Gasteiger partial charge in [-0.15, -0.1) is 0 Å². The molecule has 0 aliphatic carbocycles. The third-order valence-corrected chi connectivity index (χ3v) is 7.42. The first-order chi connectivity index (χ1) is 18.5. The molecule has 4 aromatic rings. The molecule has 0 aliphatic heterocycles. The summed E-state index contributed by atoms with van der Waals surface area (Å²) in [6.45, 7) is 4.71. The van der Waals surface area contributed by atoms with E-state index in [1.807, 2.05) is 105 Å². The molecule has 0 fully saturated rings. The number of hydrogen-bond acceptors (Lipinski definition) is 3. The molecule has 38 heavy (non-hydrogen) atoms. The van der Waals surface area contributed by atoms with Crippen molar-refractivity contribution in [3.63, 3.8) is 0 Å². The number of carbonyl (C=O) groups is 2. The minimum atomic E-state index is -0.681. The molecule has 5 nitrogen and oxygen atoms in total. The van der Waals surface area contributed by atoms with E-state index < -0.39 is 6.04 Å². The van der Waals surface area contributed by atoms with Crippen LogP contribution in [0, 0.1) is 6.92 Å². The fourth-order valence-electron chi connectivity index (χ4n) is 4.44. The topological polar surface area (TPSA) is 58.6 Å². The van der Waals surface area contributed by atoms with Gasteiger partial charge in [-0.05, 0) is 62.8 Å². The van der Waals surface area contributed by atoms with Gasteiger partial charge in [-0.3, -0.25) is 9.59 Å². The molecule has 2 amide bonds. The van der Waals surface area contributed by atoms with Gasteiger partial charge in [0.2, 0.25) is 5.91 Å². The third-order valence-electron chi connectivity index (χ3n) is 6.60. The van der Waals surface area contributed by atoms with Crippen LogP contribution in [0.3, 0.4) is 0 Å². The minimum Gasteiger partial charge on any atom is -0.483 e. The van der Waals surface area contributed by atoms with Gasteiger partial charge in [0.25, 0.3) is 5.91 Å². The van der Waals surface area contributed by atoms with Gasteiger partial charge >= 0.3 is 0 Å². The molecule has 196 valence electrons. The normalized spacial score (nSPS) is 11.7. The van der Waals surface area contributed by atoms with Crippen LogP contribution in [-0.2, 0) is 22.6 Å². The lowest BCUT2D eigenvalue weighted by Gasteiger charge is -2.32. The fourth-order valence-corrected chi connectivity index (χ4v) is 5.05. The highest BCUT2D eigenvalue weighted by Gasteiger charge is 2.31. The second-order valence-corrected chi connectivity index (χ2v) is 10.1. The Bertz CT molecular complexity index is 1390. The SMILES string of the molecule is CCCNC(=O)[C@@H](Cc1ccccc1)N(Cc1ccccc1C)C(=O)COc1ccc2ccccc2c1Br. The Hall–Kier alpha value is -3.64. The van der Waals surface area contributed by atoms with Crippen LogP contribution in [0.25, 0.3) is 10.8 Å². The van der Waals surface area contributed by atoms with E-state index in [-0.39, 0.29) is 18.4 Å². The Morgan fingerprint density at radius 1 is 0.921 bits per heavy atom. The Kier molecular flexibility index (Phi) is 9.55. The van der Waals surface area contributed by atoms with Crippen LogP contribution in [0.5, 0.6) is 5.75 Å². The Morgan fingerprint density at radius 3 is 2.39 bits per heavy atom. The third kappa shape index (κ3) is 6.81. The fraction of sp³-hybridized carbons (Fsp3) is 0.250. The van der Waals surface area contributed by atoms with Gasteiger partial charge in [0, 0.05) is 19.5 Å². The first kappa shape index (κ1) is 27.4. The summed E-state index contributed by atoms with van der Waals surface area (Å²) in [6, 6.07) is 28.9. The molecule has 0 aliphatic rings. The molecule has 0 saturated heterocycles. The lowest BCUT2D eigenvalue weighted by Crippen LogP contribution is -2.51. The lowest BCUT2D eigenvalue weighted by atomic mass is 10.0. The van der Waals surface area contributed by atoms with Crippen molar-refractivity contribution in [2.24, 2.45) is 0 Å².